The first kappa shape index (κ1) is 25.8. The topological polar surface area (TPSA) is 67.9 Å². The lowest BCUT2D eigenvalue weighted by Gasteiger charge is -2.16. The molecular formula is C27H23ClN2O4S2. The van der Waals surface area contributed by atoms with Crippen molar-refractivity contribution < 1.29 is 19.1 Å². The van der Waals surface area contributed by atoms with Crippen LogP contribution in [0.4, 0.5) is 11.4 Å². The Hall–Kier alpha value is -3.33. The Morgan fingerprint density at radius 1 is 1.08 bits per heavy atom. The number of carbonyl (C=O) groups is 2. The molecule has 1 N–H and O–H groups in total. The normalized spacial score (nSPS) is 14.3. The smallest absolute Gasteiger partial charge is 0.270 e. The summed E-state index contributed by atoms with van der Waals surface area (Å²) < 4.78 is 11.6. The molecule has 3 aromatic carbocycles. The van der Waals surface area contributed by atoms with E-state index in [0.717, 1.165) is 22.4 Å². The van der Waals surface area contributed by atoms with Gasteiger partial charge in [0.25, 0.3) is 11.8 Å². The molecule has 1 saturated heterocycles. The molecule has 0 aromatic heterocycles. The van der Waals surface area contributed by atoms with Gasteiger partial charge in [0, 0.05) is 10.7 Å². The van der Waals surface area contributed by atoms with E-state index in [2.05, 4.69) is 5.32 Å². The van der Waals surface area contributed by atoms with Gasteiger partial charge in [0.2, 0.25) is 0 Å². The number of hydrogen-bond acceptors (Lipinski definition) is 6. The van der Waals surface area contributed by atoms with Gasteiger partial charge in [-0.25, -0.2) is 0 Å². The highest BCUT2D eigenvalue weighted by Gasteiger charge is 2.33. The molecular weight excluding hydrogens is 516 g/mol. The molecule has 9 heteroatoms. The molecule has 0 bridgehead atoms. The second-order valence-electron chi connectivity index (χ2n) is 8.04. The lowest BCUT2D eigenvalue weighted by Crippen LogP contribution is -2.27. The fourth-order valence-electron chi connectivity index (χ4n) is 3.51. The number of aryl methyl sites for hydroxylation is 2. The molecule has 3 aromatic rings. The van der Waals surface area contributed by atoms with Gasteiger partial charge in [0.05, 0.1) is 17.7 Å². The number of thioether (sulfide) groups is 1. The summed E-state index contributed by atoms with van der Waals surface area (Å²) in [4.78, 5) is 27.4. The number of thiocarbonyl (C=S) groups is 1. The zero-order chi connectivity index (χ0) is 25.8. The Balaban J connectivity index is 1.46. The number of amides is 2. The highest BCUT2D eigenvalue weighted by molar-refractivity contribution is 8.27. The third-order valence-electron chi connectivity index (χ3n) is 5.49. The van der Waals surface area contributed by atoms with E-state index in [4.69, 9.17) is 33.3 Å². The Labute approximate surface area is 224 Å². The number of benzene rings is 3. The number of anilines is 2. The third-order valence-corrected chi connectivity index (χ3v) is 7.03. The van der Waals surface area contributed by atoms with E-state index < -0.39 is 0 Å². The number of methoxy groups -OCH3 is 1. The van der Waals surface area contributed by atoms with E-state index in [1.54, 1.807) is 53.4 Å². The van der Waals surface area contributed by atoms with Gasteiger partial charge in [-0.3, -0.25) is 14.5 Å². The van der Waals surface area contributed by atoms with E-state index in [9.17, 15) is 9.59 Å². The standard InChI is InChI=1S/C27H23ClN2O4S2/c1-16-7-9-21(11-17(16)2)30-26(32)24(36-27(30)35)13-18-8-10-22(23(12-18)33-3)34-15-25(31)29-20-6-4-5-19(28)14-20/h4-14H,15H2,1-3H3,(H,29,31)/b24-13-. The molecule has 6 nitrogen and oxygen atoms in total. The number of rotatable bonds is 7. The second-order valence-corrected chi connectivity index (χ2v) is 10.2. The van der Waals surface area contributed by atoms with Crippen molar-refractivity contribution in [1.29, 1.82) is 0 Å². The molecule has 0 unspecified atom stereocenters. The van der Waals surface area contributed by atoms with Crippen LogP contribution in [-0.2, 0) is 9.59 Å². The maximum absolute atomic E-state index is 13.1. The SMILES string of the molecule is COc1cc(/C=C2\SC(=S)N(c3ccc(C)c(C)c3)C2=O)ccc1OCC(=O)Nc1cccc(Cl)c1. The van der Waals surface area contributed by atoms with Crippen LogP contribution in [0.25, 0.3) is 6.08 Å². The van der Waals surface area contributed by atoms with Crippen LogP contribution < -0.4 is 19.7 Å². The maximum Gasteiger partial charge on any atom is 0.270 e. The van der Waals surface area contributed by atoms with Crippen LogP contribution in [0, 0.1) is 13.8 Å². The number of halogens is 1. The van der Waals surface area contributed by atoms with Gasteiger partial charge in [0.15, 0.2) is 22.4 Å². The average Bonchev–Trinajstić information content (AvgIpc) is 3.12. The fraction of sp³-hybridized carbons (Fsp3) is 0.148. The molecule has 0 atom stereocenters. The summed E-state index contributed by atoms with van der Waals surface area (Å²) in [6, 6.07) is 17.9. The number of ether oxygens (including phenoxy) is 2. The van der Waals surface area contributed by atoms with Gasteiger partial charge < -0.3 is 14.8 Å². The van der Waals surface area contributed by atoms with Crippen LogP contribution in [0.5, 0.6) is 11.5 Å². The lowest BCUT2D eigenvalue weighted by molar-refractivity contribution is -0.118. The summed E-state index contributed by atoms with van der Waals surface area (Å²) in [5.41, 5.74) is 4.31. The minimum atomic E-state index is -0.335. The van der Waals surface area contributed by atoms with Crippen LogP contribution in [-0.4, -0.2) is 29.9 Å². The van der Waals surface area contributed by atoms with Gasteiger partial charge in [-0.1, -0.05) is 53.8 Å². The third kappa shape index (κ3) is 5.90. The highest BCUT2D eigenvalue weighted by atomic mass is 35.5. The number of hydrogen-bond donors (Lipinski definition) is 1. The summed E-state index contributed by atoms with van der Waals surface area (Å²) in [6.07, 6.45) is 1.76. The summed E-state index contributed by atoms with van der Waals surface area (Å²) in [6.45, 7) is 3.82. The van der Waals surface area contributed by atoms with Crippen molar-refractivity contribution in [3.05, 3.63) is 87.3 Å². The van der Waals surface area contributed by atoms with Gasteiger partial charge in [-0.2, -0.15) is 0 Å². The molecule has 0 spiro atoms. The van der Waals surface area contributed by atoms with Crippen molar-refractivity contribution in [2.24, 2.45) is 0 Å². The quantitative estimate of drug-likeness (QED) is 0.278. The lowest BCUT2D eigenvalue weighted by atomic mass is 10.1. The zero-order valence-corrected chi connectivity index (χ0v) is 22.2. The number of nitrogens with one attached hydrogen (secondary N) is 1. The average molecular weight is 539 g/mol. The van der Waals surface area contributed by atoms with Crippen molar-refractivity contribution >= 4 is 69.2 Å². The fourth-order valence-corrected chi connectivity index (χ4v) is 5.00. The van der Waals surface area contributed by atoms with Gasteiger partial charge in [0.1, 0.15) is 0 Å². The molecule has 1 aliphatic rings. The Kier molecular flexibility index (Phi) is 7.98. The first-order valence-corrected chi connectivity index (χ1v) is 12.6. The van der Waals surface area contributed by atoms with Crippen molar-refractivity contribution in [2.45, 2.75) is 13.8 Å². The molecule has 184 valence electrons. The van der Waals surface area contributed by atoms with E-state index in [1.165, 1.54) is 18.9 Å². The Bertz CT molecular complexity index is 1390. The number of carbonyl (C=O) groups excluding carboxylic acids is 2. The molecule has 1 heterocycles. The summed E-state index contributed by atoms with van der Waals surface area (Å²) in [5, 5.41) is 3.25. The minimum Gasteiger partial charge on any atom is -0.493 e. The first-order valence-electron chi connectivity index (χ1n) is 11.0. The van der Waals surface area contributed by atoms with Crippen LogP contribution in [0.1, 0.15) is 16.7 Å². The van der Waals surface area contributed by atoms with E-state index in [1.807, 2.05) is 32.0 Å². The number of nitrogens with zero attached hydrogens (tertiary/aromatic N) is 1. The predicted octanol–water partition coefficient (Wildman–Crippen LogP) is 6.39. The van der Waals surface area contributed by atoms with E-state index in [-0.39, 0.29) is 18.4 Å². The van der Waals surface area contributed by atoms with Gasteiger partial charge in [-0.15, -0.1) is 0 Å². The monoisotopic (exact) mass is 538 g/mol. The predicted molar refractivity (Wildman–Crippen MR) is 150 cm³/mol. The molecule has 1 aliphatic heterocycles. The molecule has 4 rings (SSSR count). The molecule has 0 saturated carbocycles. The van der Waals surface area contributed by atoms with Crippen molar-refractivity contribution in [3.63, 3.8) is 0 Å². The van der Waals surface area contributed by atoms with E-state index in [0.29, 0.717) is 31.4 Å². The molecule has 36 heavy (non-hydrogen) atoms. The molecule has 0 aliphatic carbocycles. The van der Waals surface area contributed by atoms with Crippen molar-refractivity contribution in [2.75, 3.05) is 23.9 Å². The Morgan fingerprint density at radius 2 is 1.89 bits per heavy atom. The van der Waals surface area contributed by atoms with Crippen LogP contribution in [0.2, 0.25) is 5.02 Å². The summed E-state index contributed by atoms with van der Waals surface area (Å²) in [7, 11) is 1.51. The van der Waals surface area contributed by atoms with Crippen LogP contribution in [0.15, 0.2) is 65.6 Å². The molecule has 0 radical (unpaired) electrons. The summed E-state index contributed by atoms with van der Waals surface area (Å²) in [5.74, 6) is 0.325. The minimum absolute atomic E-state index is 0.176. The van der Waals surface area contributed by atoms with Crippen molar-refractivity contribution in [1.82, 2.24) is 0 Å². The van der Waals surface area contributed by atoms with Gasteiger partial charge >= 0.3 is 0 Å². The molecule has 1 fully saturated rings. The summed E-state index contributed by atoms with van der Waals surface area (Å²) >= 11 is 12.7. The largest absolute Gasteiger partial charge is 0.493 e. The van der Waals surface area contributed by atoms with Gasteiger partial charge in [-0.05, 0) is 79.1 Å². The highest BCUT2D eigenvalue weighted by Crippen LogP contribution is 2.37. The maximum atomic E-state index is 13.1. The second kappa shape index (κ2) is 11.2. The zero-order valence-electron chi connectivity index (χ0n) is 19.8. The van der Waals surface area contributed by atoms with E-state index >= 15 is 0 Å². The first-order chi connectivity index (χ1) is 17.2. The van der Waals surface area contributed by atoms with Crippen LogP contribution >= 0.6 is 35.6 Å². The van der Waals surface area contributed by atoms with Crippen LogP contribution in [0.3, 0.4) is 0 Å². The Morgan fingerprint density at radius 3 is 2.61 bits per heavy atom. The van der Waals surface area contributed by atoms with Crippen molar-refractivity contribution in [3.8, 4) is 11.5 Å². The molecule has 2 amide bonds.